The molecule has 6 nitrogen and oxygen atoms in total. The number of nitrogens with one attached hydrogen (secondary N) is 1. The fraction of sp³-hybridized carbons (Fsp3) is 0.154. The Bertz CT molecular complexity index is 881. The lowest BCUT2D eigenvalue weighted by atomic mass is 10.1. The summed E-state index contributed by atoms with van der Waals surface area (Å²) in [7, 11) is -1.02. The molecule has 102 valence electrons. The van der Waals surface area contributed by atoms with Crippen LogP contribution in [0.2, 0.25) is 0 Å². The molecule has 0 aliphatic carbocycles. The van der Waals surface area contributed by atoms with E-state index in [9.17, 15) is 9.00 Å². The minimum Gasteiger partial charge on any atom is -0.296 e. The summed E-state index contributed by atoms with van der Waals surface area (Å²) < 4.78 is 12.8. The van der Waals surface area contributed by atoms with Gasteiger partial charge in [-0.2, -0.15) is 9.61 Å². The van der Waals surface area contributed by atoms with E-state index in [1.54, 1.807) is 12.5 Å². The van der Waals surface area contributed by atoms with Crippen LogP contribution in [-0.4, -0.2) is 30.0 Å². The molecule has 1 unspecified atom stereocenters. The van der Waals surface area contributed by atoms with Gasteiger partial charge in [-0.25, -0.2) is 9.78 Å². The number of aromatic nitrogens is 4. The van der Waals surface area contributed by atoms with Crippen LogP contribution in [-0.2, 0) is 10.8 Å². The summed E-state index contributed by atoms with van der Waals surface area (Å²) >= 11 is 0. The Hall–Kier alpha value is -2.28. The summed E-state index contributed by atoms with van der Waals surface area (Å²) in [4.78, 5) is 19.0. The van der Waals surface area contributed by atoms with Crippen molar-refractivity contribution in [2.75, 3.05) is 6.26 Å². The van der Waals surface area contributed by atoms with Crippen molar-refractivity contribution in [3.8, 4) is 11.1 Å². The van der Waals surface area contributed by atoms with Gasteiger partial charge in [-0.05, 0) is 24.1 Å². The fourth-order valence-corrected chi connectivity index (χ4v) is 2.94. The van der Waals surface area contributed by atoms with Crippen LogP contribution in [0.3, 0.4) is 0 Å². The molecule has 0 spiro atoms. The third kappa shape index (κ3) is 1.96. The first-order valence-corrected chi connectivity index (χ1v) is 7.49. The minimum absolute atomic E-state index is 0.329. The van der Waals surface area contributed by atoms with Crippen molar-refractivity contribution in [1.29, 1.82) is 0 Å². The largest absolute Gasteiger partial charge is 0.349 e. The summed E-state index contributed by atoms with van der Waals surface area (Å²) in [5.74, 6) is 0. The fourth-order valence-electron chi connectivity index (χ4n) is 2.17. The van der Waals surface area contributed by atoms with E-state index in [-0.39, 0.29) is 5.69 Å². The Morgan fingerprint density at radius 3 is 2.85 bits per heavy atom. The molecule has 0 saturated carbocycles. The first-order valence-electron chi connectivity index (χ1n) is 5.94. The lowest BCUT2D eigenvalue weighted by molar-refractivity contribution is 0.686. The number of rotatable bonds is 2. The van der Waals surface area contributed by atoms with Crippen LogP contribution in [0.25, 0.3) is 16.8 Å². The molecule has 0 amide bonds. The maximum atomic E-state index is 11.6. The number of fused-ring (bicyclic) bond motifs is 1. The molecule has 1 aromatic carbocycles. The molecular formula is C13H12N4O2S. The van der Waals surface area contributed by atoms with E-state index < -0.39 is 10.8 Å². The van der Waals surface area contributed by atoms with Gasteiger partial charge in [0.05, 0.1) is 23.3 Å². The molecule has 1 atom stereocenters. The highest BCUT2D eigenvalue weighted by Crippen LogP contribution is 2.25. The first-order chi connectivity index (χ1) is 9.58. The van der Waals surface area contributed by atoms with Gasteiger partial charge in [0.1, 0.15) is 0 Å². The first kappa shape index (κ1) is 12.7. The summed E-state index contributed by atoms with van der Waals surface area (Å²) in [5, 5.41) is 4.03. The van der Waals surface area contributed by atoms with Gasteiger partial charge in [0.25, 0.3) is 0 Å². The average Bonchev–Trinajstić information content (AvgIpc) is 2.83. The predicted molar refractivity (Wildman–Crippen MR) is 76.1 cm³/mol. The SMILES string of the molecule is Cc1cc(-c2cnn3c(=O)[nH]cnc23)ccc1S(C)=O. The van der Waals surface area contributed by atoms with Gasteiger partial charge in [0.15, 0.2) is 5.65 Å². The van der Waals surface area contributed by atoms with Crippen molar-refractivity contribution in [2.24, 2.45) is 0 Å². The number of hydrogen-bond donors (Lipinski definition) is 1. The van der Waals surface area contributed by atoms with E-state index in [0.29, 0.717) is 5.65 Å². The average molecular weight is 288 g/mol. The van der Waals surface area contributed by atoms with E-state index in [0.717, 1.165) is 21.6 Å². The zero-order valence-electron chi connectivity index (χ0n) is 11.0. The number of benzene rings is 1. The van der Waals surface area contributed by atoms with Crippen molar-refractivity contribution in [2.45, 2.75) is 11.8 Å². The Morgan fingerprint density at radius 2 is 2.15 bits per heavy atom. The van der Waals surface area contributed by atoms with Gasteiger partial charge < -0.3 is 0 Å². The molecule has 0 aliphatic heterocycles. The normalized spacial score (nSPS) is 12.7. The highest BCUT2D eigenvalue weighted by Gasteiger charge is 2.11. The van der Waals surface area contributed by atoms with Crippen molar-refractivity contribution in [3.05, 3.63) is 46.8 Å². The van der Waals surface area contributed by atoms with Crippen molar-refractivity contribution in [3.63, 3.8) is 0 Å². The molecule has 2 aromatic heterocycles. The molecule has 3 aromatic rings. The molecule has 1 N–H and O–H groups in total. The number of aryl methyl sites for hydroxylation is 1. The van der Waals surface area contributed by atoms with Crippen LogP contribution in [0.15, 0.2) is 40.4 Å². The summed E-state index contributed by atoms with van der Waals surface area (Å²) in [6, 6.07) is 5.62. The molecule has 20 heavy (non-hydrogen) atoms. The van der Waals surface area contributed by atoms with Gasteiger partial charge in [-0.15, -0.1) is 0 Å². The van der Waals surface area contributed by atoms with Gasteiger partial charge in [0.2, 0.25) is 0 Å². The second-order valence-electron chi connectivity index (χ2n) is 4.44. The molecule has 0 bridgehead atoms. The van der Waals surface area contributed by atoms with Crippen LogP contribution in [0, 0.1) is 6.92 Å². The zero-order valence-corrected chi connectivity index (χ0v) is 11.8. The molecule has 0 radical (unpaired) electrons. The monoisotopic (exact) mass is 288 g/mol. The van der Waals surface area contributed by atoms with Gasteiger partial charge in [0, 0.05) is 16.7 Å². The van der Waals surface area contributed by atoms with Gasteiger partial charge in [-0.3, -0.25) is 9.19 Å². The van der Waals surface area contributed by atoms with Crippen LogP contribution in [0.1, 0.15) is 5.56 Å². The molecular weight excluding hydrogens is 276 g/mol. The highest BCUT2D eigenvalue weighted by atomic mass is 32.2. The zero-order chi connectivity index (χ0) is 14.3. The van der Waals surface area contributed by atoms with E-state index >= 15 is 0 Å². The maximum absolute atomic E-state index is 11.6. The minimum atomic E-state index is -1.02. The predicted octanol–water partition coefficient (Wildman–Crippen LogP) is 1.13. The van der Waals surface area contributed by atoms with Gasteiger partial charge in [-0.1, -0.05) is 12.1 Å². The molecule has 0 fully saturated rings. The Labute approximate surface area is 116 Å². The summed E-state index contributed by atoms with van der Waals surface area (Å²) in [6.07, 6.45) is 4.61. The van der Waals surface area contributed by atoms with Crippen molar-refractivity contribution >= 4 is 16.4 Å². The van der Waals surface area contributed by atoms with E-state index in [1.807, 2.05) is 25.1 Å². The quantitative estimate of drug-likeness (QED) is 0.766. The lowest BCUT2D eigenvalue weighted by Crippen LogP contribution is -2.17. The third-order valence-corrected chi connectivity index (χ3v) is 4.18. The summed E-state index contributed by atoms with van der Waals surface area (Å²) in [6.45, 7) is 1.91. The third-order valence-electron chi connectivity index (χ3n) is 3.11. The van der Waals surface area contributed by atoms with E-state index in [4.69, 9.17) is 0 Å². The van der Waals surface area contributed by atoms with Crippen LogP contribution in [0.4, 0.5) is 0 Å². The molecule has 3 rings (SSSR count). The second kappa shape index (κ2) is 4.68. The highest BCUT2D eigenvalue weighted by molar-refractivity contribution is 7.84. The summed E-state index contributed by atoms with van der Waals surface area (Å²) in [5.41, 5.74) is 2.77. The Kier molecular flexibility index (Phi) is 2.98. The number of hydrogen-bond acceptors (Lipinski definition) is 4. The maximum Gasteiger partial charge on any atom is 0.349 e. The van der Waals surface area contributed by atoms with Crippen LogP contribution < -0.4 is 5.69 Å². The molecule has 7 heteroatoms. The lowest BCUT2D eigenvalue weighted by Gasteiger charge is -2.05. The molecule has 0 aliphatic rings. The topological polar surface area (TPSA) is 80.1 Å². The van der Waals surface area contributed by atoms with Crippen molar-refractivity contribution < 1.29 is 4.21 Å². The molecule has 0 saturated heterocycles. The number of aromatic amines is 1. The smallest absolute Gasteiger partial charge is 0.296 e. The Morgan fingerprint density at radius 1 is 1.35 bits per heavy atom. The van der Waals surface area contributed by atoms with E-state index in [2.05, 4.69) is 15.1 Å². The van der Waals surface area contributed by atoms with Crippen LogP contribution in [0.5, 0.6) is 0 Å². The molecule has 2 heterocycles. The number of H-pyrrole nitrogens is 1. The number of nitrogens with zero attached hydrogens (tertiary/aromatic N) is 3. The van der Waals surface area contributed by atoms with Crippen molar-refractivity contribution in [1.82, 2.24) is 19.6 Å². The second-order valence-corrected chi connectivity index (χ2v) is 5.78. The standard InChI is InChI=1S/C13H12N4O2S/c1-8-5-9(3-4-11(8)20(2)19)10-6-16-17-12(10)14-7-15-13(17)18/h3-7H,1-2H3,(H,14,15,18). The van der Waals surface area contributed by atoms with Gasteiger partial charge >= 0.3 is 5.69 Å². The van der Waals surface area contributed by atoms with E-state index in [1.165, 1.54) is 10.8 Å². The Balaban J connectivity index is 2.21. The van der Waals surface area contributed by atoms with Crippen LogP contribution >= 0.6 is 0 Å².